The summed E-state index contributed by atoms with van der Waals surface area (Å²) in [5.41, 5.74) is 0. The Morgan fingerprint density at radius 1 is 0.611 bits per heavy atom. The summed E-state index contributed by atoms with van der Waals surface area (Å²) < 4.78 is 23.4. The van der Waals surface area contributed by atoms with Crippen LogP contribution in [0.4, 0.5) is 0 Å². The summed E-state index contributed by atoms with van der Waals surface area (Å²) in [6.07, 6.45) is 43.0. The van der Waals surface area contributed by atoms with E-state index in [0.717, 1.165) is 51.4 Å². The Morgan fingerprint density at radius 3 is 1.43 bits per heavy atom. The zero-order valence-electron chi connectivity index (χ0n) is 36.5. The number of hydrogen-bond donors (Lipinski definition) is 3. The van der Waals surface area contributed by atoms with Gasteiger partial charge in [-0.2, -0.15) is 0 Å². The first kappa shape index (κ1) is 53.2. The van der Waals surface area contributed by atoms with Crippen LogP contribution >= 0.6 is 7.82 Å². The second-order valence-corrected chi connectivity index (χ2v) is 18.6. The molecule has 1 amide bonds. The number of likely N-dealkylation sites (N-methyl/N-ethyl adjacent to an activating group) is 1. The fourth-order valence-corrected chi connectivity index (χ4v) is 7.54. The van der Waals surface area contributed by atoms with E-state index in [2.05, 4.69) is 31.3 Å². The summed E-state index contributed by atoms with van der Waals surface area (Å²) in [7, 11) is 1.62. The molecule has 0 aromatic rings. The van der Waals surface area contributed by atoms with E-state index in [-0.39, 0.29) is 19.1 Å². The van der Waals surface area contributed by atoms with Crippen molar-refractivity contribution in [2.24, 2.45) is 0 Å². The number of nitrogens with zero attached hydrogens (tertiary/aromatic N) is 1. The summed E-state index contributed by atoms with van der Waals surface area (Å²) in [6.45, 7) is 4.81. The molecule has 0 aromatic carbocycles. The number of phosphoric acid groups is 1. The smallest absolute Gasteiger partial charge is 0.391 e. The van der Waals surface area contributed by atoms with Crippen molar-refractivity contribution in [1.29, 1.82) is 0 Å². The predicted octanol–water partition coefficient (Wildman–Crippen LogP) is 12.8. The fraction of sp³-hybridized carbons (Fsp3) is 0.933. The van der Waals surface area contributed by atoms with E-state index < -0.39 is 20.0 Å². The summed E-state index contributed by atoms with van der Waals surface area (Å²) in [4.78, 5) is 22.9. The number of quaternary nitrogens is 1. The number of aliphatic hydroxyl groups excluding tert-OH is 1. The molecule has 0 bridgehead atoms. The monoisotopic (exact) mass is 788 g/mol. The number of nitrogens with one attached hydrogen (secondary N) is 1. The van der Waals surface area contributed by atoms with Crippen LogP contribution in [0.1, 0.15) is 219 Å². The first-order valence-electron chi connectivity index (χ1n) is 23.1. The van der Waals surface area contributed by atoms with Crippen molar-refractivity contribution in [1.82, 2.24) is 5.32 Å². The van der Waals surface area contributed by atoms with Gasteiger partial charge in [0.1, 0.15) is 13.2 Å². The molecule has 322 valence electrons. The molecule has 9 heteroatoms. The van der Waals surface area contributed by atoms with Crippen molar-refractivity contribution in [2.75, 3.05) is 40.9 Å². The number of amides is 1. The zero-order valence-corrected chi connectivity index (χ0v) is 37.4. The normalized spacial score (nSPS) is 14.4. The molecule has 3 unspecified atom stereocenters. The van der Waals surface area contributed by atoms with Gasteiger partial charge < -0.3 is 19.8 Å². The first-order valence-corrected chi connectivity index (χ1v) is 24.5. The SMILES string of the molecule is CCCCCCCCCC/C=C\CCCCCCCCCCCCCCCCCC(=O)NC(COP(=O)(O)OCC[N+](C)(C)C)C(O)CCCCCCC. The summed E-state index contributed by atoms with van der Waals surface area (Å²) in [6, 6.07) is -0.752. The van der Waals surface area contributed by atoms with E-state index in [1.807, 2.05) is 21.1 Å². The molecule has 0 aliphatic rings. The maximum atomic E-state index is 12.8. The molecule has 0 spiro atoms. The third-order valence-corrected chi connectivity index (χ3v) is 11.5. The summed E-state index contributed by atoms with van der Waals surface area (Å²) >= 11 is 0. The van der Waals surface area contributed by atoms with Crippen LogP contribution in [0.25, 0.3) is 0 Å². The highest BCUT2D eigenvalue weighted by Gasteiger charge is 2.28. The standard InChI is InChI=1S/C45H91N2O6P/c1-6-8-10-12-13-14-15-16-17-18-19-20-21-22-23-24-25-26-27-28-29-30-31-32-33-35-37-39-45(49)46-43(44(48)38-36-34-11-9-7-2)42-53-54(50,51)52-41-40-47(3,4)5/h18-19,43-44,48H,6-17,20-42H2,1-5H3,(H-,46,49,50,51)/p+1/b19-18-. The molecule has 54 heavy (non-hydrogen) atoms. The van der Waals surface area contributed by atoms with Crippen LogP contribution in [0.15, 0.2) is 12.2 Å². The minimum atomic E-state index is -4.29. The van der Waals surface area contributed by atoms with Crippen LogP contribution in [0.2, 0.25) is 0 Å². The highest BCUT2D eigenvalue weighted by Crippen LogP contribution is 2.43. The van der Waals surface area contributed by atoms with Gasteiger partial charge in [0.05, 0.1) is 39.9 Å². The van der Waals surface area contributed by atoms with Gasteiger partial charge in [-0.15, -0.1) is 0 Å². The van der Waals surface area contributed by atoms with Crippen LogP contribution in [-0.4, -0.2) is 73.4 Å². The molecule has 0 radical (unpaired) electrons. The van der Waals surface area contributed by atoms with Crippen LogP contribution in [-0.2, 0) is 18.4 Å². The Kier molecular flexibility index (Phi) is 37.3. The second kappa shape index (κ2) is 37.8. The molecular weight excluding hydrogens is 695 g/mol. The number of aliphatic hydroxyl groups is 1. The molecule has 0 aliphatic heterocycles. The van der Waals surface area contributed by atoms with Gasteiger partial charge in [-0.05, 0) is 38.5 Å². The number of rotatable bonds is 42. The molecule has 0 fully saturated rings. The lowest BCUT2D eigenvalue weighted by Crippen LogP contribution is -2.46. The van der Waals surface area contributed by atoms with E-state index in [0.29, 0.717) is 23.9 Å². The topological polar surface area (TPSA) is 105 Å². The third kappa shape index (κ3) is 39.5. The Hall–Kier alpha value is -0.760. The Bertz CT molecular complexity index is 896. The Morgan fingerprint density at radius 2 is 1.00 bits per heavy atom. The lowest BCUT2D eigenvalue weighted by molar-refractivity contribution is -0.870. The maximum absolute atomic E-state index is 12.8. The minimum absolute atomic E-state index is 0.0759. The van der Waals surface area contributed by atoms with Gasteiger partial charge in [-0.1, -0.05) is 187 Å². The molecule has 3 atom stereocenters. The van der Waals surface area contributed by atoms with Gasteiger partial charge in [0.25, 0.3) is 0 Å². The molecule has 0 aliphatic carbocycles. The van der Waals surface area contributed by atoms with Crippen molar-refractivity contribution >= 4 is 13.7 Å². The van der Waals surface area contributed by atoms with Crippen LogP contribution in [0, 0.1) is 0 Å². The van der Waals surface area contributed by atoms with Gasteiger partial charge in [0, 0.05) is 6.42 Å². The molecule has 0 saturated heterocycles. The number of phosphoric ester groups is 1. The van der Waals surface area contributed by atoms with Crippen LogP contribution < -0.4 is 5.32 Å². The average molecular weight is 788 g/mol. The minimum Gasteiger partial charge on any atom is -0.391 e. The summed E-state index contributed by atoms with van der Waals surface area (Å²) in [5, 5.41) is 13.7. The molecule has 0 rings (SSSR count). The highest BCUT2D eigenvalue weighted by molar-refractivity contribution is 7.47. The fourth-order valence-electron chi connectivity index (χ4n) is 6.81. The Labute approximate surface area is 335 Å². The molecule has 8 nitrogen and oxygen atoms in total. The second-order valence-electron chi connectivity index (χ2n) is 17.1. The average Bonchev–Trinajstić information content (AvgIpc) is 3.12. The van der Waals surface area contributed by atoms with Crippen molar-refractivity contribution < 1.29 is 32.9 Å². The number of carbonyl (C=O) groups is 1. The number of allylic oxidation sites excluding steroid dienone is 2. The maximum Gasteiger partial charge on any atom is 0.472 e. The quantitative estimate of drug-likeness (QED) is 0.0246. The Balaban J connectivity index is 3.89. The zero-order chi connectivity index (χ0) is 40.0. The van der Waals surface area contributed by atoms with Gasteiger partial charge in [-0.3, -0.25) is 13.8 Å². The van der Waals surface area contributed by atoms with Crippen molar-refractivity contribution in [3.63, 3.8) is 0 Å². The van der Waals surface area contributed by atoms with Crippen molar-refractivity contribution in [3.05, 3.63) is 12.2 Å². The number of carbonyl (C=O) groups excluding carboxylic acids is 1. The highest BCUT2D eigenvalue weighted by atomic mass is 31.2. The van der Waals surface area contributed by atoms with E-state index >= 15 is 0 Å². The largest absolute Gasteiger partial charge is 0.472 e. The van der Waals surface area contributed by atoms with Gasteiger partial charge >= 0.3 is 7.82 Å². The van der Waals surface area contributed by atoms with Gasteiger partial charge in [0.15, 0.2) is 0 Å². The van der Waals surface area contributed by atoms with Gasteiger partial charge in [0.2, 0.25) is 5.91 Å². The van der Waals surface area contributed by atoms with E-state index in [9.17, 15) is 19.4 Å². The molecular formula is C45H92N2O6P+. The van der Waals surface area contributed by atoms with E-state index in [1.54, 1.807) is 0 Å². The molecule has 3 N–H and O–H groups in total. The molecule has 0 aromatic heterocycles. The lowest BCUT2D eigenvalue weighted by atomic mass is 10.0. The van der Waals surface area contributed by atoms with E-state index in [1.165, 1.54) is 141 Å². The third-order valence-electron chi connectivity index (χ3n) is 10.5. The van der Waals surface area contributed by atoms with E-state index in [4.69, 9.17) is 9.05 Å². The van der Waals surface area contributed by atoms with Crippen LogP contribution in [0.5, 0.6) is 0 Å². The molecule has 0 heterocycles. The summed E-state index contributed by atoms with van der Waals surface area (Å²) in [5.74, 6) is -0.149. The number of hydrogen-bond acceptors (Lipinski definition) is 5. The predicted molar refractivity (Wildman–Crippen MR) is 231 cm³/mol. The van der Waals surface area contributed by atoms with Crippen molar-refractivity contribution in [3.8, 4) is 0 Å². The lowest BCUT2D eigenvalue weighted by Gasteiger charge is -2.26. The van der Waals surface area contributed by atoms with Crippen LogP contribution in [0.3, 0.4) is 0 Å². The van der Waals surface area contributed by atoms with Gasteiger partial charge in [-0.25, -0.2) is 4.57 Å². The number of unbranched alkanes of at least 4 members (excludes halogenated alkanes) is 27. The first-order chi connectivity index (χ1) is 26.0. The molecule has 0 saturated carbocycles. The van der Waals surface area contributed by atoms with Crippen molar-refractivity contribution in [2.45, 2.75) is 231 Å².